The highest BCUT2D eigenvalue weighted by Gasteiger charge is 2.34. The van der Waals surface area contributed by atoms with E-state index in [-0.39, 0.29) is 11.8 Å². The molecule has 1 aliphatic heterocycles. The molecule has 1 heterocycles. The van der Waals surface area contributed by atoms with Gasteiger partial charge in [0.2, 0.25) is 5.91 Å². The molecule has 1 saturated heterocycles. The zero-order valence-electron chi connectivity index (χ0n) is 12.1. The molecule has 2 rings (SSSR count). The van der Waals surface area contributed by atoms with Crippen molar-refractivity contribution in [3.8, 4) is 11.5 Å². The van der Waals surface area contributed by atoms with E-state index in [1.54, 1.807) is 31.3 Å². The van der Waals surface area contributed by atoms with Crippen molar-refractivity contribution in [3.63, 3.8) is 0 Å². The van der Waals surface area contributed by atoms with Crippen molar-refractivity contribution in [2.45, 2.75) is 19.4 Å². The Morgan fingerprint density at radius 2 is 2.05 bits per heavy atom. The van der Waals surface area contributed by atoms with Crippen LogP contribution in [0.4, 0.5) is 0 Å². The fourth-order valence-electron chi connectivity index (χ4n) is 2.63. The van der Waals surface area contributed by atoms with Gasteiger partial charge in [-0.05, 0) is 24.6 Å². The maximum atomic E-state index is 11.7. The van der Waals surface area contributed by atoms with Gasteiger partial charge in [-0.15, -0.1) is 0 Å². The Labute approximate surface area is 119 Å². The third kappa shape index (κ3) is 2.72. The van der Waals surface area contributed by atoms with E-state index < -0.39 is 6.10 Å². The number of benzene rings is 1. The molecule has 5 heteroatoms. The number of ether oxygens (including phenoxy) is 2. The van der Waals surface area contributed by atoms with E-state index in [2.05, 4.69) is 0 Å². The fraction of sp³-hybridized carbons (Fsp3) is 0.533. The highest BCUT2D eigenvalue weighted by molar-refractivity contribution is 5.78. The van der Waals surface area contributed by atoms with Gasteiger partial charge in [0.25, 0.3) is 0 Å². The summed E-state index contributed by atoms with van der Waals surface area (Å²) in [4.78, 5) is 13.5. The number of nitrogens with zero attached hydrogens (tertiary/aromatic N) is 1. The zero-order chi connectivity index (χ0) is 14.7. The predicted molar refractivity (Wildman–Crippen MR) is 74.9 cm³/mol. The van der Waals surface area contributed by atoms with Crippen molar-refractivity contribution in [1.29, 1.82) is 0 Å². The van der Waals surface area contributed by atoms with Gasteiger partial charge in [0.05, 0.1) is 20.3 Å². The number of aliphatic hydroxyl groups excluding tert-OH is 1. The van der Waals surface area contributed by atoms with Gasteiger partial charge in [-0.2, -0.15) is 0 Å². The molecule has 0 aromatic heterocycles. The lowest BCUT2D eigenvalue weighted by molar-refractivity contribution is -0.127. The number of amides is 1. The molecule has 1 fully saturated rings. The predicted octanol–water partition coefficient (Wildman–Crippen LogP) is 1.61. The van der Waals surface area contributed by atoms with Gasteiger partial charge in [-0.1, -0.05) is 6.07 Å². The lowest BCUT2D eigenvalue weighted by atomic mass is 9.94. The molecule has 110 valence electrons. The smallest absolute Gasteiger partial charge is 0.223 e. The molecule has 1 amide bonds. The summed E-state index contributed by atoms with van der Waals surface area (Å²) in [6.07, 6.45) is -0.279. The van der Waals surface area contributed by atoms with Crippen molar-refractivity contribution in [3.05, 3.63) is 23.8 Å². The summed E-state index contributed by atoms with van der Waals surface area (Å²) < 4.78 is 10.4. The number of carbonyl (C=O) groups excluding carboxylic acids is 1. The molecular formula is C15H21NO4. The molecule has 0 spiro atoms. The van der Waals surface area contributed by atoms with Crippen LogP contribution in [0.15, 0.2) is 18.2 Å². The molecular weight excluding hydrogens is 258 g/mol. The van der Waals surface area contributed by atoms with Gasteiger partial charge in [0.15, 0.2) is 11.5 Å². The van der Waals surface area contributed by atoms with Gasteiger partial charge < -0.3 is 19.5 Å². The van der Waals surface area contributed by atoms with Crippen LogP contribution in [0.25, 0.3) is 0 Å². The molecule has 2 unspecified atom stereocenters. The van der Waals surface area contributed by atoms with E-state index in [1.807, 2.05) is 13.0 Å². The summed E-state index contributed by atoms with van der Waals surface area (Å²) >= 11 is 0. The van der Waals surface area contributed by atoms with Crippen molar-refractivity contribution < 1.29 is 19.4 Å². The Kier molecular flexibility index (Phi) is 4.49. The molecule has 1 N–H and O–H groups in total. The Bertz CT molecular complexity index is 489. The second kappa shape index (κ2) is 6.13. The molecule has 0 aliphatic carbocycles. The van der Waals surface area contributed by atoms with Crippen molar-refractivity contribution >= 4 is 5.91 Å². The first-order valence-corrected chi connectivity index (χ1v) is 6.78. The highest BCUT2D eigenvalue weighted by atomic mass is 16.5. The van der Waals surface area contributed by atoms with Crippen LogP contribution < -0.4 is 9.47 Å². The van der Waals surface area contributed by atoms with Crippen LogP contribution in [-0.2, 0) is 4.79 Å². The molecule has 1 aliphatic rings. The maximum Gasteiger partial charge on any atom is 0.223 e. The average molecular weight is 279 g/mol. The van der Waals surface area contributed by atoms with Crippen LogP contribution in [0, 0.1) is 5.92 Å². The Balaban J connectivity index is 2.17. The number of hydrogen-bond donors (Lipinski definition) is 1. The van der Waals surface area contributed by atoms with Crippen LogP contribution >= 0.6 is 0 Å². The number of hydrogen-bond acceptors (Lipinski definition) is 4. The van der Waals surface area contributed by atoms with Crippen molar-refractivity contribution in [2.24, 2.45) is 5.92 Å². The van der Waals surface area contributed by atoms with Crippen LogP contribution in [0.2, 0.25) is 0 Å². The quantitative estimate of drug-likeness (QED) is 0.889. The van der Waals surface area contributed by atoms with Gasteiger partial charge in [-0.25, -0.2) is 0 Å². The van der Waals surface area contributed by atoms with E-state index in [9.17, 15) is 9.90 Å². The number of likely N-dealkylation sites (tertiary alicyclic amines) is 1. The maximum absolute atomic E-state index is 11.7. The number of aliphatic hydroxyl groups is 1. The number of rotatable bonds is 5. The van der Waals surface area contributed by atoms with Crippen LogP contribution in [0.5, 0.6) is 11.5 Å². The van der Waals surface area contributed by atoms with Crippen LogP contribution in [-0.4, -0.2) is 43.2 Å². The minimum Gasteiger partial charge on any atom is -0.493 e. The minimum atomic E-state index is -0.671. The summed E-state index contributed by atoms with van der Waals surface area (Å²) in [5.74, 6) is 1.25. The lowest BCUT2D eigenvalue weighted by Crippen LogP contribution is -2.25. The molecule has 1 aromatic carbocycles. The van der Waals surface area contributed by atoms with Gasteiger partial charge >= 0.3 is 0 Å². The third-order valence-electron chi connectivity index (χ3n) is 3.82. The second-order valence-corrected chi connectivity index (χ2v) is 4.96. The average Bonchev–Trinajstić information content (AvgIpc) is 2.86. The molecule has 0 saturated carbocycles. The summed E-state index contributed by atoms with van der Waals surface area (Å²) in [5.41, 5.74) is 0.749. The first-order chi connectivity index (χ1) is 9.60. The first kappa shape index (κ1) is 14.7. The van der Waals surface area contributed by atoms with E-state index in [0.717, 1.165) is 5.56 Å². The Morgan fingerprint density at radius 1 is 1.35 bits per heavy atom. The van der Waals surface area contributed by atoms with Gasteiger partial charge in [0.1, 0.15) is 0 Å². The summed E-state index contributed by atoms with van der Waals surface area (Å²) in [6.45, 7) is 3.24. The fourth-order valence-corrected chi connectivity index (χ4v) is 2.63. The lowest BCUT2D eigenvalue weighted by Gasteiger charge is -2.20. The third-order valence-corrected chi connectivity index (χ3v) is 3.82. The summed E-state index contributed by atoms with van der Waals surface area (Å²) in [7, 11) is 3.13. The standard InChI is InChI=1S/C15H21NO4/c1-4-16-9-11(8-14(16)17)15(18)10-5-6-12(19-2)13(7-10)20-3/h5-7,11,15,18H,4,8-9H2,1-3H3. The Morgan fingerprint density at radius 3 is 2.60 bits per heavy atom. The van der Waals surface area contributed by atoms with Crippen molar-refractivity contribution in [1.82, 2.24) is 4.90 Å². The Hall–Kier alpha value is -1.75. The molecule has 1 aromatic rings. The van der Waals surface area contributed by atoms with Gasteiger partial charge in [0, 0.05) is 25.4 Å². The minimum absolute atomic E-state index is 0.0689. The number of methoxy groups -OCH3 is 2. The molecule has 20 heavy (non-hydrogen) atoms. The topological polar surface area (TPSA) is 59.0 Å². The molecule has 0 bridgehead atoms. The zero-order valence-corrected chi connectivity index (χ0v) is 12.1. The van der Waals surface area contributed by atoms with Crippen LogP contribution in [0.1, 0.15) is 25.0 Å². The van der Waals surface area contributed by atoms with E-state index >= 15 is 0 Å². The summed E-state index contributed by atoms with van der Waals surface area (Å²) in [5, 5.41) is 10.5. The second-order valence-electron chi connectivity index (χ2n) is 4.96. The van der Waals surface area contributed by atoms with Crippen LogP contribution in [0.3, 0.4) is 0 Å². The largest absolute Gasteiger partial charge is 0.493 e. The summed E-state index contributed by atoms with van der Waals surface area (Å²) in [6, 6.07) is 5.35. The van der Waals surface area contributed by atoms with Crippen molar-refractivity contribution in [2.75, 3.05) is 27.3 Å². The van der Waals surface area contributed by atoms with E-state index in [1.165, 1.54) is 0 Å². The number of carbonyl (C=O) groups is 1. The normalized spacial score (nSPS) is 20.1. The SMILES string of the molecule is CCN1CC(C(O)c2ccc(OC)c(OC)c2)CC1=O. The molecule has 5 nitrogen and oxygen atoms in total. The van der Waals surface area contributed by atoms with E-state index in [0.29, 0.717) is 31.0 Å². The molecule has 2 atom stereocenters. The first-order valence-electron chi connectivity index (χ1n) is 6.78. The molecule has 0 radical (unpaired) electrons. The monoisotopic (exact) mass is 279 g/mol. The van der Waals surface area contributed by atoms with E-state index in [4.69, 9.17) is 9.47 Å². The van der Waals surface area contributed by atoms with Gasteiger partial charge in [-0.3, -0.25) is 4.79 Å². The highest BCUT2D eigenvalue weighted by Crippen LogP contribution is 2.35.